The summed E-state index contributed by atoms with van der Waals surface area (Å²) in [6, 6.07) is 4.68. The monoisotopic (exact) mass is 327 g/mol. The molecule has 0 saturated carbocycles. The van der Waals surface area contributed by atoms with Crippen molar-refractivity contribution >= 4 is 9.84 Å². The van der Waals surface area contributed by atoms with Gasteiger partial charge in [-0.15, -0.1) is 5.10 Å². The lowest BCUT2D eigenvalue weighted by Crippen LogP contribution is -2.18. The van der Waals surface area contributed by atoms with E-state index in [0.717, 1.165) is 6.42 Å². The Hall–Kier alpha value is -1.80. The Morgan fingerprint density at radius 3 is 2.50 bits per heavy atom. The zero-order valence-electron chi connectivity index (χ0n) is 12.4. The molecular weight excluding hydrogens is 309 g/mol. The molecule has 0 spiro atoms. The van der Waals surface area contributed by atoms with E-state index in [1.165, 1.54) is 24.3 Å². The van der Waals surface area contributed by atoms with Crippen LogP contribution in [0.15, 0.2) is 33.9 Å². The van der Waals surface area contributed by atoms with Crippen molar-refractivity contribution in [2.24, 2.45) is 11.7 Å². The second-order valence-electron chi connectivity index (χ2n) is 5.20. The lowest BCUT2D eigenvalue weighted by Gasteiger charge is -2.13. The van der Waals surface area contributed by atoms with E-state index in [2.05, 4.69) is 10.2 Å². The van der Waals surface area contributed by atoms with Crippen LogP contribution in [-0.2, 0) is 15.6 Å². The van der Waals surface area contributed by atoms with Crippen molar-refractivity contribution in [2.75, 3.05) is 0 Å². The SMILES string of the molecule is CCC(C)C(N)c1nnc(S(=O)(=O)Cc2ccc(F)cc2)o1. The standard InChI is InChI=1S/C14H18FN3O3S/c1-3-9(2)12(16)13-17-18-14(21-13)22(19,20)8-10-4-6-11(15)7-5-10/h4-7,9,12H,3,8,16H2,1-2H3. The summed E-state index contributed by atoms with van der Waals surface area (Å²) in [5.41, 5.74) is 6.38. The van der Waals surface area contributed by atoms with Gasteiger partial charge >= 0.3 is 5.22 Å². The highest BCUT2D eigenvalue weighted by atomic mass is 32.2. The van der Waals surface area contributed by atoms with Crippen LogP contribution in [0.1, 0.15) is 37.8 Å². The third-order valence-corrected chi connectivity index (χ3v) is 4.91. The van der Waals surface area contributed by atoms with Gasteiger partial charge in [0.2, 0.25) is 15.7 Å². The van der Waals surface area contributed by atoms with Crippen LogP contribution in [0.5, 0.6) is 0 Å². The fourth-order valence-electron chi connectivity index (χ4n) is 1.84. The van der Waals surface area contributed by atoms with Crippen LogP contribution >= 0.6 is 0 Å². The van der Waals surface area contributed by atoms with Gasteiger partial charge in [-0.2, -0.15) is 0 Å². The largest absolute Gasteiger partial charge is 0.411 e. The fourth-order valence-corrected chi connectivity index (χ4v) is 2.97. The third-order valence-electron chi connectivity index (χ3n) is 3.50. The summed E-state index contributed by atoms with van der Waals surface area (Å²) in [7, 11) is -3.79. The average Bonchev–Trinajstić information content (AvgIpc) is 2.98. The van der Waals surface area contributed by atoms with Gasteiger partial charge in [-0.25, -0.2) is 12.8 Å². The van der Waals surface area contributed by atoms with Crippen LogP contribution < -0.4 is 5.73 Å². The second kappa shape index (κ2) is 6.53. The molecule has 2 aromatic rings. The van der Waals surface area contributed by atoms with Gasteiger partial charge in [-0.1, -0.05) is 37.5 Å². The molecule has 8 heteroatoms. The van der Waals surface area contributed by atoms with Gasteiger partial charge in [0.25, 0.3) is 0 Å². The van der Waals surface area contributed by atoms with E-state index in [4.69, 9.17) is 10.2 Å². The summed E-state index contributed by atoms with van der Waals surface area (Å²) in [6.45, 7) is 3.88. The maximum absolute atomic E-state index is 12.8. The van der Waals surface area contributed by atoms with Crippen molar-refractivity contribution in [3.63, 3.8) is 0 Å². The Bertz CT molecular complexity index is 728. The third kappa shape index (κ3) is 3.69. The summed E-state index contributed by atoms with van der Waals surface area (Å²) >= 11 is 0. The summed E-state index contributed by atoms with van der Waals surface area (Å²) in [5, 5.41) is 6.84. The molecule has 2 rings (SSSR count). The number of nitrogens with zero attached hydrogens (tertiary/aromatic N) is 2. The highest BCUT2D eigenvalue weighted by Crippen LogP contribution is 2.23. The highest BCUT2D eigenvalue weighted by Gasteiger charge is 2.26. The molecule has 6 nitrogen and oxygen atoms in total. The van der Waals surface area contributed by atoms with E-state index in [-0.39, 0.29) is 17.6 Å². The van der Waals surface area contributed by atoms with Crippen molar-refractivity contribution in [3.05, 3.63) is 41.5 Å². The quantitative estimate of drug-likeness (QED) is 0.873. The minimum Gasteiger partial charge on any atom is -0.411 e. The first-order valence-corrected chi connectivity index (χ1v) is 8.55. The van der Waals surface area contributed by atoms with Gasteiger partial charge in [-0.05, 0) is 23.6 Å². The van der Waals surface area contributed by atoms with Crippen LogP contribution in [0.3, 0.4) is 0 Å². The summed E-state index contributed by atoms with van der Waals surface area (Å²) in [6.07, 6.45) is 0.807. The fraction of sp³-hybridized carbons (Fsp3) is 0.429. The first-order chi connectivity index (χ1) is 10.3. The zero-order valence-corrected chi connectivity index (χ0v) is 13.2. The predicted octanol–water partition coefficient (Wildman–Crippen LogP) is 2.23. The first-order valence-electron chi connectivity index (χ1n) is 6.89. The molecule has 0 aliphatic carbocycles. The molecule has 1 aromatic carbocycles. The van der Waals surface area contributed by atoms with E-state index in [1.807, 2.05) is 13.8 Å². The van der Waals surface area contributed by atoms with Crippen LogP contribution in [0.25, 0.3) is 0 Å². The predicted molar refractivity (Wildman–Crippen MR) is 78.0 cm³/mol. The zero-order chi connectivity index (χ0) is 16.3. The smallest absolute Gasteiger partial charge is 0.335 e. The van der Waals surface area contributed by atoms with Crippen molar-refractivity contribution < 1.29 is 17.2 Å². The second-order valence-corrected chi connectivity index (χ2v) is 7.07. The Balaban J connectivity index is 2.20. The van der Waals surface area contributed by atoms with Crippen molar-refractivity contribution in [3.8, 4) is 0 Å². The Labute approximate surface area is 128 Å². The van der Waals surface area contributed by atoms with E-state index in [1.54, 1.807) is 0 Å². The van der Waals surface area contributed by atoms with Crippen LogP contribution in [0.2, 0.25) is 0 Å². The van der Waals surface area contributed by atoms with Gasteiger partial charge in [0.05, 0.1) is 11.8 Å². The molecule has 0 radical (unpaired) electrons. The van der Waals surface area contributed by atoms with E-state index in [9.17, 15) is 12.8 Å². The Morgan fingerprint density at radius 2 is 1.91 bits per heavy atom. The molecule has 0 aliphatic rings. The molecule has 0 bridgehead atoms. The van der Waals surface area contributed by atoms with Gasteiger partial charge in [-0.3, -0.25) is 0 Å². The van der Waals surface area contributed by atoms with Crippen LogP contribution in [-0.4, -0.2) is 18.6 Å². The van der Waals surface area contributed by atoms with Crippen molar-refractivity contribution in [1.29, 1.82) is 0 Å². The molecule has 0 amide bonds. The number of sulfone groups is 1. The average molecular weight is 327 g/mol. The molecule has 2 atom stereocenters. The number of hydrogen-bond donors (Lipinski definition) is 1. The minimum atomic E-state index is -3.79. The molecule has 120 valence electrons. The summed E-state index contributed by atoms with van der Waals surface area (Å²) < 4.78 is 42.5. The molecule has 0 fully saturated rings. The van der Waals surface area contributed by atoms with E-state index < -0.39 is 26.9 Å². The first kappa shape index (κ1) is 16.6. The van der Waals surface area contributed by atoms with Crippen molar-refractivity contribution in [2.45, 2.75) is 37.3 Å². The molecule has 0 aliphatic heterocycles. The summed E-state index contributed by atoms with van der Waals surface area (Å²) in [5.74, 6) is -0.575. The topological polar surface area (TPSA) is 99.1 Å². The number of halogens is 1. The molecule has 1 heterocycles. The molecule has 22 heavy (non-hydrogen) atoms. The molecule has 2 N–H and O–H groups in total. The minimum absolute atomic E-state index is 0.0908. The van der Waals surface area contributed by atoms with Gasteiger partial charge in [0.1, 0.15) is 5.82 Å². The number of hydrogen-bond acceptors (Lipinski definition) is 6. The lowest BCUT2D eigenvalue weighted by atomic mass is 10.0. The summed E-state index contributed by atoms with van der Waals surface area (Å²) in [4.78, 5) is 0. The molecule has 0 saturated heterocycles. The van der Waals surface area contributed by atoms with Crippen LogP contribution in [0, 0.1) is 11.7 Å². The van der Waals surface area contributed by atoms with Gasteiger partial charge in [0, 0.05) is 0 Å². The number of rotatable bonds is 6. The van der Waals surface area contributed by atoms with E-state index >= 15 is 0 Å². The Morgan fingerprint density at radius 1 is 1.27 bits per heavy atom. The van der Waals surface area contributed by atoms with Crippen LogP contribution in [0.4, 0.5) is 4.39 Å². The number of nitrogens with two attached hydrogens (primary N) is 1. The van der Waals surface area contributed by atoms with Crippen molar-refractivity contribution in [1.82, 2.24) is 10.2 Å². The molecule has 2 unspecified atom stereocenters. The lowest BCUT2D eigenvalue weighted by molar-refractivity contribution is 0.327. The molecule has 1 aromatic heterocycles. The number of aromatic nitrogens is 2. The normalized spacial score (nSPS) is 14.7. The van der Waals surface area contributed by atoms with Gasteiger partial charge < -0.3 is 10.2 Å². The van der Waals surface area contributed by atoms with E-state index in [0.29, 0.717) is 5.56 Å². The number of benzene rings is 1. The maximum atomic E-state index is 12.8. The molecular formula is C14H18FN3O3S. The Kier molecular flexibility index (Phi) is 4.92. The van der Waals surface area contributed by atoms with Gasteiger partial charge in [0.15, 0.2) is 0 Å². The maximum Gasteiger partial charge on any atom is 0.335 e. The highest BCUT2D eigenvalue weighted by molar-refractivity contribution is 7.90.